The number of morpholine rings is 1. The van der Waals surface area contributed by atoms with Gasteiger partial charge in [-0.1, -0.05) is 0 Å². The number of nitrogens with one attached hydrogen (secondary N) is 2. The molecule has 1 aromatic carbocycles. The number of benzene rings is 1. The summed E-state index contributed by atoms with van der Waals surface area (Å²) in [6, 6.07) is 5.36. The number of halogens is 3. The van der Waals surface area contributed by atoms with Crippen LogP contribution in [0.25, 0.3) is 11.3 Å². The number of aromatic nitrogens is 3. The summed E-state index contributed by atoms with van der Waals surface area (Å²) in [5.41, 5.74) is -0.773. The van der Waals surface area contributed by atoms with Gasteiger partial charge in [-0.3, -0.25) is 14.5 Å². The van der Waals surface area contributed by atoms with Crippen LogP contribution in [0, 0.1) is 5.82 Å². The number of piperazine rings is 1. The molecule has 13 heteroatoms. The minimum Gasteiger partial charge on any atom is -0.372 e. The molecule has 2 saturated heterocycles. The van der Waals surface area contributed by atoms with Crippen molar-refractivity contribution in [3.8, 4) is 11.3 Å². The van der Waals surface area contributed by atoms with E-state index in [1.54, 1.807) is 12.3 Å². The molecule has 43 heavy (non-hydrogen) atoms. The first-order valence-electron chi connectivity index (χ1n) is 14.3. The van der Waals surface area contributed by atoms with Gasteiger partial charge in [-0.25, -0.2) is 23.1 Å². The normalized spacial score (nSPS) is 23.1. The van der Waals surface area contributed by atoms with Crippen LogP contribution in [0.3, 0.4) is 0 Å². The molecule has 4 heterocycles. The van der Waals surface area contributed by atoms with Gasteiger partial charge in [0.25, 0.3) is 12.3 Å². The van der Waals surface area contributed by atoms with E-state index in [2.05, 4.69) is 39.0 Å². The molecule has 0 radical (unpaired) electrons. The summed E-state index contributed by atoms with van der Waals surface area (Å²) < 4.78 is 49.3. The standard InChI is InChI=1S/C30H36F3N7O3/c1-16-12-39(13-17(2)38(16)5)26-10-23(31)21(24-6-7-34-30(37-24)40-14-18(3)43-19(4)15-40)8-25(26)36-29(42)22-11-35-27(41)9-20(22)28(32)33/h6-11,16-19,28H,12-15H2,1-5H3,(H,35,41)(H,36,42). The van der Waals surface area contributed by atoms with E-state index in [0.29, 0.717) is 49.6 Å². The molecule has 0 saturated carbocycles. The molecular weight excluding hydrogens is 563 g/mol. The second-order valence-electron chi connectivity index (χ2n) is 11.4. The molecule has 230 valence electrons. The Kier molecular flexibility index (Phi) is 8.74. The van der Waals surface area contributed by atoms with Crippen molar-refractivity contribution in [2.45, 2.75) is 58.4 Å². The topological polar surface area (TPSA) is 107 Å². The predicted molar refractivity (Wildman–Crippen MR) is 159 cm³/mol. The minimum atomic E-state index is -3.05. The molecule has 0 aliphatic carbocycles. The number of pyridine rings is 1. The predicted octanol–water partition coefficient (Wildman–Crippen LogP) is 4.30. The monoisotopic (exact) mass is 599 g/mol. The van der Waals surface area contributed by atoms with Gasteiger partial charge in [0, 0.05) is 67.8 Å². The second-order valence-corrected chi connectivity index (χ2v) is 11.4. The lowest BCUT2D eigenvalue weighted by Gasteiger charge is -2.44. The molecule has 3 aromatic rings. The summed E-state index contributed by atoms with van der Waals surface area (Å²) in [6.45, 7) is 10.3. The van der Waals surface area contributed by atoms with Gasteiger partial charge in [0.2, 0.25) is 11.5 Å². The summed E-state index contributed by atoms with van der Waals surface area (Å²) in [5, 5.41) is 2.72. The maximum atomic E-state index is 15.9. The quantitative estimate of drug-likeness (QED) is 0.432. The fraction of sp³-hybridized carbons (Fsp3) is 0.467. The van der Waals surface area contributed by atoms with Crippen LogP contribution in [0.4, 0.5) is 30.5 Å². The van der Waals surface area contributed by atoms with Crippen molar-refractivity contribution in [3.63, 3.8) is 0 Å². The first-order chi connectivity index (χ1) is 20.4. The van der Waals surface area contributed by atoms with Gasteiger partial charge >= 0.3 is 0 Å². The van der Waals surface area contributed by atoms with Gasteiger partial charge in [-0.2, -0.15) is 0 Å². The van der Waals surface area contributed by atoms with Crippen molar-refractivity contribution in [1.82, 2.24) is 19.9 Å². The Bertz CT molecular complexity index is 1530. The van der Waals surface area contributed by atoms with Crippen LogP contribution in [-0.2, 0) is 4.74 Å². The Balaban J connectivity index is 1.57. The number of H-pyrrole nitrogens is 1. The first kappa shape index (κ1) is 30.5. The van der Waals surface area contributed by atoms with E-state index in [4.69, 9.17) is 4.74 Å². The number of carbonyl (C=O) groups excluding carboxylic acids is 1. The molecule has 1 amide bonds. The number of rotatable bonds is 6. The number of aromatic amines is 1. The number of anilines is 3. The van der Waals surface area contributed by atoms with Gasteiger partial charge in [0.15, 0.2) is 0 Å². The molecule has 10 nitrogen and oxygen atoms in total. The third-order valence-electron chi connectivity index (χ3n) is 8.09. The van der Waals surface area contributed by atoms with Crippen molar-refractivity contribution in [3.05, 3.63) is 64.0 Å². The molecule has 2 aliphatic rings. The Labute approximate surface area is 247 Å². The zero-order valence-electron chi connectivity index (χ0n) is 24.8. The van der Waals surface area contributed by atoms with Gasteiger partial charge in [0.05, 0.1) is 34.8 Å². The van der Waals surface area contributed by atoms with E-state index >= 15 is 4.39 Å². The molecular formula is C30H36F3N7O3. The lowest BCUT2D eigenvalue weighted by atomic mass is 10.0. The molecule has 0 bridgehead atoms. The smallest absolute Gasteiger partial charge is 0.264 e. The summed E-state index contributed by atoms with van der Waals surface area (Å²) in [4.78, 5) is 42.6. The molecule has 2 aliphatic heterocycles. The van der Waals surface area contributed by atoms with E-state index in [-0.39, 0.29) is 41.1 Å². The van der Waals surface area contributed by atoms with Gasteiger partial charge in [0.1, 0.15) is 5.82 Å². The average molecular weight is 600 g/mol. The third kappa shape index (κ3) is 6.52. The van der Waals surface area contributed by atoms with E-state index in [0.717, 1.165) is 6.20 Å². The van der Waals surface area contributed by atoms with E-state index < -0.39 is 29.3 Å². The van der Waals surface area contributed by atoms with Crippen LogP contribution < -0.4 is 20.7 Å². The summed E-state index contributed by atoms with van der Waals surface area (Å²) in [7, 11) is 2.02. The lowest BCUT2D eigenvalue weighted by Crippen LogP contribution is -2.55. The number of hydrogen-bond donors (Lipinski definition) is 2. The summed E-state index contributed by atoms with van der Waals surface area (Å²) >= 11 is 0. The molecule has 2 fully saturated rings. The molecule has 2 aromatic heterocycles. The van der Waals surface area contributed by atoms with Crippen molar-refractivity contribution in [1.29, 1.82) is 0 Å². The Hall–Kier alpha value is -3.97. The van der Waals surface area contributed by atoms with E-state index in [1.165, 1.54) is 12.1 Å². The SMILES string of the molecule is CC1CN(c2nccc(-c3cc(NC(=O)c4c[nH]c(=O)cc4C(F)F)c(N4CC(C)N(C)C(C)C4)cc3F)n2)CC(C)O1. The van der Waals surface area contributed by atoms with Crippen LogP contribution in [0.2, 0.25) is 0 Å². The van der Waals surface area contributed by atoms with Gasteiger partial charge in [-0.15, -0.1) is 0 Å². The zero-order chi connectivity index (χ0) is 31.0. The fourth-order valence-electron chi connectivity index (χ4n) is 5.77. The number of carbonyl (C=O) groups is 1. The second kappa shape index (κ2) is 12.3. The van der Waals surface area contributed by atoms with Crippen molar-refractivity contribution < 1.29 is 22.7 Å². The molecule has 4 unspecified atom stereocenters. The highest BCUT2D eigenvalue weighted by Crippen LogP contribution is 2.36. The van der Waals surface area contributed by atoms with Crippen LogP contribution in [0.5, 0.6) is 0 Å². The minimum absolute atomic E-state index is 0.0340. The summed E-state index contributed by atoms with van der Waals surface area (Å²) in [6.07, 6.45) is -0.602. The van der Waals surface area contributed by atoms with Crippen molar-refractivity contribution >= 4 is 23.2 Å². The highest BCUT2D eigenvalue weighted by atomic mass is 19.3. The highest BCUT2D eigenvalue weighted by Gasteiger charge is 2.30. The molecule has 5 rings (SSSR count). The average Bonchev–Trinajstić information content (AvgIpc) is 2.95. The maximum Gasteiger partial charge on any atom is 0.264 e. The highest BCUT2D eigenvalue weighted by molar-refractivity contribution is 6.07. The number of likely N-dealkylation sites (N-methyl/N-ethyl adjacent to an activating group) is 1. The number of alkyl halides is 2. The number of hydrogen-bond acceptors (Lipinski definition) is 8. The Morgan fingerprint density at radius 2 is 1.72 bits per heavy atom. The van der Waals surface area contributed by atoms with Crippen LogP contribution in [0.15, 0.2) is 41.5 Å². The van der Waals surface area contributed by atoms with Gasteiger partial charge in [-0.05, 0) is 52.9 Å². The Morgan fingerprint density at radius 3 is 2.37 bits per heavy atom. The Morgan fingerprint density at radius 1 is 1.05 bits per heavy atom. The molecule has 4 atom stereocenters. The fourth-order valence-corrected chi connectivity index (χ4v) is 5.77. The molecule has 2 N–H and O–H groups in total. The number of amides is 1. The number of ether oxygens (including phenoxy) is 1. The summed E-state index contributed by atoms with van der Waals surface area (Å²) in [5.74, 6) is -0.997. The van der Waals surface area contributed by atoms with Crippen molar-refractivity contribution in [2.75, 3.05) is 48.3 Å². The van der Waals surface area contributed by atoms with Crippen LogP contribution in [0.1, 0.15) is 50.0 Å². The maximum absolute atomic E-state index is 15.9. The van der Waals surface area contributed by atoms with Crippen molar-refractivity contribution in [2.24, 2.45) is 0 Å². The van der Waals surface area contributed by atoms with Crippen LogP contribution >= 0.6 is 0 Å². The van der Waals surface area contributed by atoms with Crippen LogP contribution in [-0.4, -0.2) is 83.3 Å². The zero-order valence-corrected chi connectivity index (χ0v) is 24.8. The largest absolute Gasteiger partial charge is 0.372 e. The molecule has 0 spiro atoms. The third-order valence-corrected chi connectivity index (χ3v) is 8.09. The lowest BCUT2D eigenvalue weighted by molar-refractivity contribution is -0.00571. The van der Waals surface area contributed by atoms with Gasteiger partial charge < -0.3 is 24.8 Å². The van der Waals surface area contributed by atoms with E-state index in [9.17, 15) is 18.4 Å². The van der Waals surface area contributed by atoms with E-state index in [1.807, 2.05) is 30.7 Å². The first-order valence-corrected chi connectivity index (χ1v) is 14.3. The number of nitrogens with zero attached hydrogens (tertiary/aromatic N) is 5.